The van der Waals surface area contributed by atoms with E-state index in [0.29, 0.717) is 15.1 Å². The minimum Gasteiger partial charge on any atom is -0.457 e. The predicted octanol–water partition coefficient (Wildman–Crippen LogP) is 3.08. The molecule has 0 amide bonds. The Morgan fingerprint density at radius 1 is 1.19 bits per heavy atom. The molecule has 0 fully saturated rings. The maximum atomic E-state index is 12.7. The summed E-state index contributed by atoms with van der Waals surface area (Å²) in [7, 11) is 1.60. The maximum Gasteiger partial charge on any atom is 0.348 e. The molecule has 0 N–H and O–H groups in total. The van der Waals surface area contributed by atoms with E-state index in [9.17, 15) is 14.4 Å². The standard InChI is InChI=1S/C20H20N2O4S/c1-13(2)9-10-22-17(23)15-11-16(27-18(15)21(3)20(22)25)19(24)26-12-14-7-5-4-6-8-14/h4-9,11H,10,12H2,1-3H3. The van der Waals surface area contributed by atoms with E-state index in [0.717, 1.165) is 22.5 Å². The van der Waals surface area contributed by atoms with Crippen LogP contribution in [0.4, 0.5) is 0 Å². The highest BCUT2D eigenvalue weighted by atomic mass is 32.1. The zero-order valence-corrected chi connectivity index (χ0v) is 16.2. The zero-order chi connectivity index (χ0) is 19.6. The van der Waals surface area contributed by atoms with Crippen LogP contribution in [0.5, 0.6) is 0 Å². The van der Waals surface area contributed by atoms with Gasteiger partial charge in [0, 0.05) is 13.6 Å². The van der Waals surface area contributed by atoms with E-state index < -0.39 is 17.2 Å². The fourth-order valence-electron chi connectivity index (χ4n) is 2.61. The van der Waals surface area contributed by atoms with Crippen LogP contribution in [-0.4, -0.2) is 15.1 Å². The molecule has 0 aliphatic carbocycles. The Kier molecular flexibility index (Phi) is 5.41. The van der Waals surface area contributed by atoms with E-state index in [1.807, 2.05) is 50.3 Å². The molecule has 1 aromatic carbocycles. The van der Waals surface area contributed by atoms with Crippen LogP contribution >= 0.6 is 11.3 Å². The van der Waals surface area contributed by atoms with Crippen molar-refractivity contribution in [2.24, 2.45) is 7.05 Å². The maximum absolute atomic E-state index is 12.7. The molecule has 3 aromatic rings. The average Bonchev–Trinajstić information content (AvgIpc) is 3.11. The minimum atomic E-state index is -0.511. The fraction of sp³-hybridized carbons (Fsp3) is 0.250. The molecule has 0 aliphatic heterocycles. The van der Waals surface area contributed by atoms with E-state index in [1.165, 1.54) is 15.2 Å². The first-order chi connectivity index (χ1) is 12.9. The SMILES string of the molecule is CC(C)=CCn1c(=O)c2cc(C(=O)OCc3ccccc3)sc2n(C)c1=O. The van der Waals surface area contributed by atoms with Crippen LogP contribution in [0, 0.1) is 0 Å². The number of aryl methyl sites for hydroxylation is 1. The number of hydrogen-bond donors (Lipinski definition) is 0. The van der Waals surface area contributed by atoms with E-state index >= 15 is 0 Å². The molecule has 0 atom stereocenters. The van der Waals surface area contributed by atoms with E-state index in [4.69, 9.17) is 4.74 Å². The van der Waals surface area contributed by atoms with Crippen LogP contribution in [0.15, 0.2) is 57.6 Å². The number of hydrogen-bond acceptors (Lipinski definition) is 5. The first kappa shape index (κ1) is 18.8. The molecule has 7 heteroatoms. The third-order valence-corrected chi connectivity index (χ3v) is 5.30. The van der Waals surface area contributed by atoms with E-state index in [-0.39, 0.29) is 13.2 Å². The molecular formula is C20H20N2O4S. The first-order valence-corrected chi connectivity index (χ1v) is 9.28. The van der Waals surface area contributed by atoms with Crippen molar-refractivity contribution in [1.29, 1.82) is 0 Å². The van der Waals surface area contributed by atoms with Gasteiger partial charge in [-0.2, -0.15) is 0 Å². The summed E-state index contributed by atoms with van der Waals surface area (Å²) in [6.45, 7) is 4.16. The van der Waals surface area contributed by atoms with Gasteiger partial charge in [-0.1, -0.05) is 42.0 Å². The van der Waals surface area contributed by atoms with Gasteiger partial charge < -0.3 is 4.74 Å². The van der Waals surface area contributed by atoms with Gasteiger partial charge >= 0.3 is 11.7 Å². The third kappa shape index (κ3) is 3.93. The summed E-state index contributed by atoms with van der Waals surface area (Å²) in [5.74, 6) is -0.511. The Morgan fingerprint density at radius 2 is 1.89 bits per heavy atom. The Morgan fingerprint density at radius 3 is 2.56 bits per heavy atom. The number of fused-ring (bicyclic) bond motifs is 1. The highest BCUT2D eigenvalue weighted by Crippen LogP contribution is 2.22. The monoisotopic (exact) mass is 384 g/mol. The number of benzene rings is 1. The van der Waals surface area contributed by atoms with E-state index in [1.54, 1.807) is 7.05 Å². The number of carbonyl (C=O) groups excluding carboxylic acids is 1. The van der Waals surface area contributed by atoms with Gasteiger partial charge in [-0.3, -0.25) is 13.9 Å². The van der Waals surface area contributed by atoms with Crippen molar-refractivity contribution in [1.82, 2.24) is 9.13 Å². The number of thiophene rings is 1. The van der Waals surface area contributed by atoms with Gasteiger partial charge in [0.15, 0.2) is 0 Å². The third-order valence-electron chi connectivity index (χ3n) is 4.11. The van der Waals surface area contributed by atoms with Crippen LogP contribution in [-0.2, 0) is 24.9 Å². The lowest BCUT2D eigenvalue weighted by molar-refractivity contribution is 0.0478. The topological polar surface area (TPSA) is 70.3 Å². The van der Waals surface area contributed by atoms with Crippen molar-refractivity contribution in [3.8, 4) is 0 Å². The number of carbonyl (C=O) groups is 1. The quantitative estimate of drug-likeness (QED) is 0.501. The van der Waals surface area contributed by atoms with Crippen LogP contribution in [0.1, 0.15) is 29.1 Å². The number of allylic oxidation sites excluding steroid dienone is 2. The molecular weight excluding hydrogens is 364 g/mol. The molecule has 2 heterocycles. The van der Waals surface area contributed by atoms with Gasteiger partial charge in [0.05, 0.1) is 5.39 Å². The summed E-state index contributed by atoms with van der Waals surface area (Å²) in [4.78, 5) is 38.3. The van der Waals surface area contributed by atoms with Gasteiger partial charge in [-0.05, 0) is 25.5 Å². The molecule has 0 radical (unpaired) electrons. The summed E-state index contributed by atoms with van der Waals surface area (Å²) in [6, 6.07) is 10.9. The van der Waals surface area contributed by atoms with Gasteiger partial charge in [0.2, 0.25) is 0 Å². The first-order valence-electron chi connectivity index (χ1n) is 8.46. The summed E-state index contributed by atoms with van der Waals surface area (Å²) in [5, 5.41) is 0.343. The van der Waals surface area contributed by atoms with Crippen molar-refractivity contribution in [2.75, 3.05) is 0 Å². The highest BCUT2D eigenvalue weighted by Gasteiger charge is 2.18. The fourth-order valence-corrected chi connectivity index (χ4v) is 3.61. The number of esters is 1. The minimum absolute atomic E-state index is 0.150. The molecule has 0 saturated heterocycles. The van der Waals surface area contributed by atoms with Crippen LogP contribution in [0.2, 0.25) is 0 Å². The lowest BCUT2D eigenvalue weighted by Crippen LogP contribution is -2.38. The Labute approximate surface area is 159 Å². The van der Waals surface area contributed by atoms with Crippen LogP contribution in [0.3, 0.4) is 0 Å². The number of aromatic nitrogens is 2. The lowest BCUT2D eigenvalue weighted by atomic mass is 10.2. The number of ether oxygens (including phenoxy) is 1. The smallest absolute Gasteiger partial charge is 0.348 e. The average molecular weight is 384 g/mol. The normalized spacial score (nSPS) is 10.8. The summed E-state index contributed by atoms with van der Waals surface area (Å²) >= 11 is 1.09. The van der Waals surface area contributed by atoms with Crippen molar-refractivity contribution in [2.45, 2.75) is 27.0 Å². The predicted molar refractivity (Wildman–Crippen MR) is 106 cm³/mol. The van der Waals surface area contributed by atoms with Gasteiger partial charge in [-0.25, -0.2) is 9.59 Å². The van der Waals surface area contributed by atoms with Gasteiger partial charge in [0.1, 0.15) is 16.3 Å². The summed E-state index contributed by atoms with van der Waals surface area (Å²) < 4.78 is 7.89. The largest absolute Gasteiger partial charge is 0.457 e. The van der Waals surface area contributed by atoms with Crippen molar-refractivity contribution in [3.05, 3.63) is 79.3 Å². The van der Waals surface area contributed by atoms with Gasteiger partial charge in [-0.15, -0.1) is 11.3 Å². The molecule has 0 unspecified atom stereocenters. The molecule has 2 aromatic heterocycles. The van der Waals surface area contributed by atoms with Crippen LogP contribution in [0.25, 0.3) is 10.2 Å². The highest BCUT2D eigenvalue weighted by molar-refractivity contribution is 7.20. The molecule has 0 aliphatic rings. The second-order valence-electron chi connectivity index (χ2n) is 6.43. The van der Waals surface area contributed by atoms with Crippen molar-refractivity contribution >= 4 is 27.5 Å². The molecule has 0 saturated carbocycles. The second kappa shape index (κ2) is 7.75. The lowest BCUT2D eigenvalue weighted by Gasteiger charge is -2.06. The Bertz CT molecular complexity index is 1130. The van der Waals surface area contributed by atoms with E-state index in [2.05, 4.69) is 0 Å². The van der Waals surface area contributed by atoms with Gasteiger partial charge in [0.25, 0.3) is 5.56 Å². The van der Waals surface area contributed by atoms with Crippen molar-refractivity contribution < 1.29 is 9.53 Å². The molecule has 3 rings (SSSR count). The molecule has 0 bridgehead atoms. The van der Waals surface area contributed by atoms with Crippen LogP contribution < -0.4 is 11.2 Å². The second-order valence-corrected chi connectivity index (χ2v) is 7.46. The number of nitrogens with zero attached hydrogens (tertiary/aromatic N) is 2. The molecule has 140 valence electrons. The van der Waals surface area contributed by atoms with Crippen molar-refractivity contribution in [3.63, 3.8) is 0 Å². The zero-order valence-electron chi connectivity index (χ0n) is 15.4. The molecule has 0 spiro atoms. The summed E-state index contributed by atoms with van der Waals surface area (Å²) in [6.07, 6.45) is 1.82. The molecule has 6 nitrogen and oxygen atoms in total. The Balaban J connectivity index is 1.95. The molecule has 27 heavy (non-hydrogen) atoms. The summed E-state index contributed by atoms with van der Waals surface area (Å²) in [5.41, 5.74) is 1.09. The Hall–Kier alpha value is -2.93. The number of rotatable bonds is 5.